The Bertz CT molecular complexity index is 1690. The molecule has 5 nitrogen and oxygen atoms in total. The van der Waals surface area contributed by atoms with E-state index in [1.807, 2.05) is 0 Å². The summed E-state index contributed by atoms with van der Waals surface area (Å²) < 4.78 is 10.8. The molecule has 1 unspecified atom stereocenters. The zero-order chi connectivity index (χ0) is 61.9. The Morgan fingerprint density at radius 3 is 0.698 bits per heavy atom. The molecule has 0 aromatic rings. The predicted octanol–water partition coefficient (Wildman–Crippen LogP) is 26.1. The first-order valence-electron chi connectivity index (χ1n) is 37.1. The minimum Gasteiger partial charge on any atom is -0.462 e. The van der Waals surface area contributed by atoms with Gasteiger partial charge in [-0.2, -0.15) is 0 Å². The second-order valence-corrected chi connectivity index (χ2v) is 24.6. The van der Waals surface area contributed by atoms with Crippen LogP contribution >= 0.6 is 0 Å². The molecule has 0 radical (unpaired) electrons. The average molecular weight is 1190 g/mol. The van der Waals surface area contributed by atoms with Crippen molar-refractivity contribution in [2.24, 2.45) is 0 Å². The lowest BCUT2D eigenvalue weighted by molar-refractivity contribution is -0.161. The van der Waals surface area contributed by atoms with Gasteiger partial charge >= 0.3 is 11.9 Å². The standard InChI is InChI=1S/C81H140O5/c1-3-5-7-9-11-13-15-17-19-21-23-25-27-29-31-33-35-37-38-39-40-41-42-44-46-48-50-52-54-56-58-60-62-64-66-68-70-72-74-76-81(84)86-79(77-82)78-85-80(83)75-73-71-69-67-65-63-61-59-57-55-53-51-49-47-45-43-36-34-32-30-28-26-24-22-20-18-16-14-12-10-8-6-4-2/h5-8,11-14,17-20,23-26,29-32,79,82H,3-4,9-10,15-16,21-22,27-28,33-78H2,1-2H3/b7-5-,8-6-,13-11-,14-12-,19-17-,20-18-,25-23-,26-24-,31-29-,32-30-. The van der Waals surface area contributed by atoms with Crippen LogP contribution in [0.25, 0.3) is 0 Å². The minimum atomic E-state index is -0.776. The Morgan fingerprint density at radius 2 is 0.465 bits per heavy atom. The smallest absolute Gasteiger partial charge is 0.306 e. The molecule has 1 N–H and O–H groups in total. The van der Waals surface area contributed by atoms with Gasteiger partial charge < -0.3 is 14.6 Å². The molecule has 0 amide bonds. The molecular weight excluding hydrogens is 1050 g/mol. The fourth-order valence-electron chi connectivity index (χ4n) is 10.8. The van der Waals surface area contributed by atoms with Gasteiger partial charge in [-0.3, -0.25) is 9.59 Å². The molecular formula is C81H140O5. The van der Waals surface area contributed by atoms with E-state index in [1.165, 1.54) is 231 Å². The molecule has 0 fully saturated rings. The molecule has 0 saturated carbocycles. The molecule has 0 aliphatic rings. The van der Waals surface area contributed by atoms with Gasteiger partial charge in [0, 0.05) is 12.8 Å². The number of aliphatic hydroxyl groups excluding tert-OH is 1. The summed E-state index contributed by atoms with van der Waals surface area (Å²) in [5.41, 5.74) is 0. The van der Waals surface area contributed by atoms with Crippen molar-refractivity contribution in [1.29, 1.82) is 0 Å². The van der Waals surface area contributed by atoms with Crippen LogP contribution in [0.15, 0.2) is 122 Å². The normalized spacial score (nSPS) is 12.9. The lowest BCUT2D eigenvalue weighted by Crippen LogP contribution is -2.28. The summed E-state index contributed by atoms with van der Waals surface area (Å²) in [7, 11) is 0. The maximum atomic E-state index is 12.4. The van der Waals surface area contributed by atoms with Crippen LogP contribution in [0.2, 0.25) is 0 Å². The highest BCUT2D eigenvalue weighted by molar-refractivity contribution is 5.70. The van der Waals surface area contributed by atoms with E-state index in [9.17, 15) is 14.7 Å². The lowest BCUT2D eigenvalue weighted by atomic mass is 10.0. The molecule has 0 rings (SSSR count). The Kier molecular flexibility index (Phi) is 72.3. The highest BCUT2D eigenvalue weighted by atomic mass is 16.6. The second-order valence-electron chi connectivity index (χ2n) is 24.6. The molecule has 0 bridgehead atoms. The van der Waals surface area contributed by atoms with Gasteiger partial charge in [-0.15, -0.1) is 0 Å². The van der Waals surface area contributed by atoms with Gasteiger partial charge in [0.15, 0.2) is 6.10 Å². The first-order chi connectivity index (χ1) is 42.6. The molecule has 5 heteroatoms. The van der Waals surface area contributed by atoms with E-state index in [4.69, 9.17) is 9.47 Å². The van der Waals surface area contributed by atoms with Crippen molar-refractivity contribution < 1.29 is 24.2 Å². The number of unbranched alkanes of at least 4 members (excludes halogenated alkanes) is 40. The van der Waals surface area contributed by atoms with Crippen LogP contribution in [-0.4, -0.2) is 36.4 Å². The largest absolute Gasteiger partial charge is 0.462 e. The fraction of sp³-hybridized carbons (Fsp3) is 0.728. The van der Waals surface area contributed by atoms with Crippen molar-refractivity contribution in [1.82, 2.24) is 0 Å². The average Bonchev–Trinajstić information content (AvgIpc) is 3.55. The van der Waals surface area contributed by atoms with Crippen molar-refractivity contribution in [2.45, 2.75) is 367 Å². The van der Waals surface area contributed by atoms with Crippen molar-refractivity contribution in [3.63, 3.8) is 0 Å². The number of hydrogen-bond donors (Lipinski definition) is 1. The molecule has 0 saturated heterocycles. The quantitative estimate of drug-likeness (QED) is 0.0373. The predicted molar refractivity (Wildman–Crippen MR) is 380 cm³/mol. The number of ether oxygens (including phenoxy) is 2. The molecule has 0 heterocycles. The van der Waals surface area contributed by atoms with Crippen molar-refractivity contribution in [3.8, 4) is 0 Å². The summed E-state index contributed by atoms with van der Waals surface area (Å²) >= 11 is 0. The van der Waals surface area contributed by atoms with E-state index < -0.39 is 6.10 Å². The number of carbonyl (C=O) groups excluding carboxylic acids is 2. The highest BCUT2D eigenvalue weighted by Crippen LogP contribution is 2.18. The number of rotatable bonds is 68. The summed E-state index contributed by atoms with van der Waals surface area (Å²) in [5, 5.41) is 9.72. The van der Waals surface area contributed by atoms with E-state index in [0.717, 1.165) is 103 Å². The first-order valence-corrected chi connectivity index (χ1v) is 37.1. The number of hydrogen-bond acceptors (Lipinski definition) is 5. The third-order valence-corrected chi connectivity index (χ3v) is 16.3. The third-order valence-electron chi connectivity index (χ3n) is 16.3. The van der Waals surface area contributed by atoms with E-state index in [1.54, 1.807) is 0 Å². The van der Waals surface area contributed by atoms with E-state index in [-0.39, 0.29) is 25.2 Å². The Labute approximate surface area is 534 Å². The van der Waals surface area contributed by atoms with Gasteiger partial charge in [0.05, 0.1) is 6.61 Å². The summed E-state index contributed by atoms with van der Waals surface area (Å²) in [6.07, 6.45) is 111. The van der Waals surface area contributed by atoms with Gasteiger partial charge in [-0.05, 0) is 103 Å². The SMILES string of the molecule is CC/C=C\C/C=C\C/C=C\C/C=C\C/C=C\CCCCCCCCCCCCCCCCCCCCCCCCCC(=O)OC(CO)COC(=O)CCCCCCCCCCCCCCCCCCC/C=C\C/C=C\C/C=C\C/C=C\C/C=C\CC. The Hall–Kier alpha value is -3.70. The van der Waals surface area contributed by atoms with Gasteiger partial charge in [0.2, 0.25) is 0 Å². The van der Waals surface area contributed by atoms with Crippen LogP contribution < -0.4 is 0 Å². The van der Waals surface area contributed by atoms with Crippen molar-refractivity contribution in [3.05, 3.63) is 122 Å². The first kappa shape index (κ1) is 82.3. The minimum absolute atomic E-state index is 0.0651. The highest BCUT2D eigenvalue weighted by Gasteiger charge is 2.16. The second kappa shape index (κ2) is 75.5. The van der Waals surface area contributed by atoms with Crippen molar-refractivity contribution in [2.75, 3.05) is 13.2 Å². The molecule has 0 aromatic carbocycles. The summed E-state index contributed by atoms with van der Waals surface area (Å²) in [4.78, 5) is 24.7. The molecule has 494 valence electrons. The Balaban J connectivity index is 3.42. The molecule has 86 heavy (non-hydrogen) atoms. The van der Waals surface area contributed by atoms with Crippen LogP contribution in [-0.2, 0) is 19.1 Å². The van der Waals surface area contributed by atoms with Crippen LogP contribution in [0.3, 0.4) is 0 Å². The zero-order valence-corrected chi connectivity index (χ0v) is 56.8. The maximum Gasteiger partial charge on any atom is 0.306 e. The van der Waals surface area contributed by atoms with Crippen LogP contribution in [0.5, 0.6) is 0 Å². The van der Waals surface area contributed by atoms with E-state index in [2.05, 4.69) is 135 Å². The zero-order valence-electron chi connectivity index (χ0n) is 56.8. The molecule has 0 aliphatic heterocycles. The van der Waals surface area contributed by atoms with E-state index >= 15 is 0 Å². The molecule has 0 aromatic heterocycles. The topological polar surface area (TPSA) is 72.8 Å². The number of carbonyl (C=O) groups is 2. The Morgan fingerprint density at radius 1 is 0.267 bits per heavy atom. The molecule has 0 spiro atoms. The van der Waals surface area contributed by atoms with Gasteiger partial charge in [0.1, 0.15) is 6.61 Å². The van der Waals surface area contributed by atoms with Gasteiger partial charge in [0.25, 0.3) is 0 Å². The number of allylic oxidation sites excluding steroid dienone is 20. The van der Waals surface area contributed by atoms with Crippen LogP contribution in [0.1, 0.15) is 361 Å². The summed E-state index contributed by atoms with van der Waals surface area (Å²) in [6.45, 7) is 3.95. The molecule has 0 aliphatic carbocycles. The monoisotopic (exact) mass is 1190 g/mol. The van der Waals surface area contributed by atoms with Gasteiger partial charge in [-0.1, -0.05) is 367 Å². The van der Waals surface area contributed by atoms with Crippen LogP contribution in [0, 0.1) is 0 Å². The molecule has 1 atom stereocenters. The van der Waals surface area contributed by atoms with Gasteiger partial charge in [-0.25, -0.2) is 0 Å². The lowest BCUT2D eigenvalue weighted by Gasteiger charge is -2.15. The van der Waals surface area contributed by atoms with E-state index in [0.29, 0.717) is 12.8 Å². The maximum absolute atomic E-state index is 12.4. The third kappa shape index (κ3) is 72.8. The fourth-order valence-corrected chi connectivity index (χ4v) is 10.8. The summed E-state index contributed by atoms with van der Waals surface area (Å²) in [6, 6.07) is 0. The van der Waals surface area contributed by atoms with Crippen molar-refractivity contribution >= 4 is 11.9 Å². The number of esters is 2. The summed E-state index contributed by atoms with van der Waals surface area (Å²) in [5.74, 6) is -0.576. The van der Waals surface area contributed by atoms with Crippen LogP contribution in [0.4, 0.5) is 0 Å². The number of aliphatic hydroxyl groups is 1.